The molecule has 8 heteroatoms. The molecule has 2 aromatic carbocycles. The normalized spacial score (nSPS) is 12.1. The highest BCUT2D eigenvalue weighted by molar-refractivity contribution is 7.89. The number of aromatic nitrogens is 1. The molecule has 0 aliphatic rings. The Morgan fingerprint density at radius 3 is 2.38 bits per heavy atom. The second-order valence-corrected chi connectivity index (χ2v) is 8.96. The van der Waals surface area contributed by atoms with Gasteiger partial charge in [0.2, 0.25) is 10.0 Å². The fourth-order valence-corrected chi connectivity index (χ4v) is 4.51. The highest BCUT2D eigenvalue weighted by atomic mass is 32.2. The van der Waals surface area contributed by atoms with Gasteiger partial charge in [-0.15, -0.1) is 0 Å². The van der Waals surface area contributed by atoms with Crippen molar-refractivity contribution in [3.8, 4) is 22.3 Å². The van der Waals surface area contributed by atoms with E-state index in [0.717, 1.165) is 0 Å². The molecule has 3 aromatic rings. The molecule has 0 bridgehead atoms. The lowest BCUT2D eigenvalue weighted by Gasteiger charge is -2.24. The topological polar surface area (TPSA) is 105 Å². The van der Waals surface area contributed by atoms with Crippen LogP contribution in [0.5, 0.6) is 0 Å². The molecule has 4 N–H and O–H groups in total. The molecule has 0 amide bonds. The van der Waals surface area contributed by atoms with Crippen LogP contribution in [-0.2, 0) is 10.0 Å². The average molecular weight is 415 g/mol. The minimum Gasteiger partial charge on any atom is -0.394 e. The monoisotopic (exact) mass is 415 g/mol. The number of pyridine rings is 1. The fourth-order valence-electron chi connectivity index (χ4n) is 2.87. The zero-order chi connectivity index (χ0) is 21.2. The molecule has 3 rings (SSSR count). The van der Waals surface area contributed by atoms with Gasteiger partial charge in [-0.3, -0.25) is 0 Å². The van der Waals surface area contributed by atoms with Crippen LogP contribution in [0, 0.1) is 5.82 Å². The molecule has 1 heterocycles. The maximum absolute atomic E-state index is 14.8. The number of anilines is 1. The first-order valence-electron chi connectivity index (χ1n) is 8.89. The summed E-state index contributed by atoms with van der Waals surface area (Å²) in [5, 5.41) is 9.39. The maximum atomic E-state index is 14.8. The molecule has 0 unspecified atom stereocenters. The second-order valence-electron chi connectivity index (χ2n) is 7.31. The van der Waals surface area contributed by atoms with E-state index in [4.69, 9.17) is 5.73 Å². The molecule has 0 spiro atoms. The molecule has 0 aliphatic heterocycles. The number of nitrogens with two attached hydrogens (primary N) is 1. The molecule has 29 heavy (non-hydrogen) atoms. The van der Waals surface area contributed by atoms with E-state index in [0.29, 0.717) is 28.1 Å². The standard InChI is InChI=1S/C21H22FN3O3S/c1-21(2,13-26)25-29(27,28)19-6-4-3-5-17(19)14-7-9-16(18(22)11-14)15-8-10-20(23)24-12-15/h3-12,25-26H,13H2,1-2H3,(H2,23,24). The van der Waals surface area contributed by atoms with E-state index in [9.17, 15) is 17.9 Å². The number of benzene rings is 2. The molecule has 0 fully saturated rings. The Bertz CT molecular complexity index is 1130. The molecule has 152 valence electrons. The summed E-state index contributed by atoms with van der Waals surface area (Å²) in [4.78, 5) is 3.97. The van der Waals surface area contributed by atoms with Gasteiger partial charge in [-0.25, -0.2) is 22.5 Å². The molecule has 0 radical (unpaired) electrons. The van der Waals surface area contributed by atoms with E-state index in [1.165, 1.54) is 18.3 Å². The molecule has 1 aromatic heterocycles. The van der Waals surface area contributed by atoms with Crippen LogP contribution in [0.2, 0.25) is 0 Å². The number of nitrogens with one attached hydrogen (secondary N) is 1. The minimum atomic E-state index is -3.95. The number of sulfonamides is 1. The van der Waals surface area contributed by atoms with Crippen molar-refractivity contribution in [2.75, 3.05) is 12.3 Å². The number of aliphatic hydroxyl groups excluding tert-OH is 1. The molecule has 6 nitrogen and oxygen atoms in total. The van der Waals surface area contributed by atoms with Crippen molar-refractivity contribution in [3.05, 3.63) is 66.6 Å². The number of hydrogen-bond acceptors (Lipinski definition) is 5. The van der Waals surface area contributed by atoms with Crippen LogP contribution in [-0.4, -0.2) is 30.7 Å². The number of rotatable bonds is 6. The van der Waals surface area contributed by atoms with Crippen LogP contribution in [0.1, 0.15) is 13.8 Å². The van der Waals surface area contributed by atoms with Gasteiger partial charge in [-0.1, -0.05) is 30.3 Å². The summed E-state index contributed by atoms with van der Waals surface area (Å²) in [6.07, 6.45) is 1.48. The van der Waals surface area contributed by atoms with Crippen molar-refractivity contribution >= 4 is 15.8 Å². The van der Waals surface area contributed by atoms with Crippen molar-refractivity contribution in [1.29, 1.82) is 0 Å². The summed E-state index contributed by atoms with van der Waals surface area (Å²) in [5.41, 5.74) is 6.20. The van der Waals surface area contributed by atoms with Gasteiger partial charge in [0.05, 0.1) is 17.0 Å². The predicted octanol–water partition coefficient (Wildman–Crippen LogP) is 3.19. The van der Waals surface area contributed by atoms with Gasteiger partial charge in [0.1, 0.15) is 11.6 Å². The average Bonchev–Trinajstić information content (AvgIpc) is 2.68. The van der Waals surface area contributed by atoms with Crippen LogP contribution in [0.25, 0.3) is 22.3 Å². The van der Waals surface area contributed by atoms with E-state index in [2.05, 4.69) is 9.71 Å². The van der Waals surface area contributed by atoms with E-state index < -0.39 is 21.4 Å². The third-order valence-electron chi connectivity index (χ3n) is 4.36. The summed E-state index contributed by atoms with van der Waals surface area (Å²) < 4.78 is 43.0. The van der Waals surface area contributed by atoms with E-state index in [1.807, 2.05) is 0 Å². The Morgan fingerprint density at radius 2 is 1.76 bits per heavy atom. The molecule has 0 saturated carbocycles. The highest BCUT2D eigenvalue weighted by Gasteiger charge is 2.27. The van der Waals surface area contributed by atoms with Crippen molar-refractivity contribution < 1.29 is 17.9 Å². The first-order chi connectivity index (χ1) is 13.6. The third kappa shape index (κ3) is 4.61. The van der Waals surface area contributed by atoms with Gasteiger partial charge < -0.3 is 10.8 Å². The lowest BCUT2D eigenvalue weighted by molar-refractivity contribution is 0.208. The van der Waals surface area contributed by atoms with E-state index in [1.54, 1.807) is 56.3 Å². The lowest BCUT2D eigenvalue weighted by atomic mass is 10.0. The number of halogens is 1. The largest absolute Gasteiger partial charge is 0.394 e. The number of aliphatic hydroxyl groups is 1. The van der Waals surface area contributed by atoms with Gasteiger partial charge in [-0.05, 0) is 43.7 Å². The van der Waals surface area contributed by atoms with Crippen molar-refractivity contribution in [3.63, 3.8) is 0 Å². The van der Waals surface area contributed by atoms with Crippen molar-refractivity contribution in [2.45, 2.75) is 24.3 Å². The number of nitrogen functional groups attached to an aromatic ring is 1. The summed E-state index contributed by atoms with van der Waals surface area (Å²) >= 11 is 0. The predicted molar refractivity (Wildman–Crippen MR) is 111 cm³/mol. The SMILES string of the molecule is CC(C)(CO)NS(=O)(=O)c1ccccc1-c1ccc(-c2ccc(N)nc2)c(F)c1. The smallest absolute Gasteiger partial charge is 0.241 e. The quantitative estimate of drug-likeness (QED) is 0.573. The Morgan fingerprint density at radius 1 is 1.07 bits per heavy atom. The Hall–Kier alpha value is -2.81. The third-order valence-corrected chi connectivity index (χ3v) is 6.12. The summed E-state index contributed by atoms with van der Waals surface area (Å²) in [7, 11) is -3.95. The first kappa shape index (κ1) is 20.9. The van der Waals surface area contributed by atoms with Crippen LogP contribution in [0.15, 0.2) is 65.7 Å². The molecular weight excluding hydrogens is 393 g/mol. The van der Waals surface area contributed by atoms with Gasteiger partial charge in [0.15, 0.2) is 0 Å². The minimum absolute atomic E-state index is 0.00262. The van der Waals surface area contributed by atoms with Crippen LogP contribution >= 0.6 is 0 Å². The molecule has 0 saturated heterocycles. The molecule has 0 aliphatic carbocycles. The Kier molecular flexibility index (Phi) is 5.70. The number of nitrogens with zero attached hydrogens (tertiary/aromatic N) is 1. The van der Waals surface area contributed by atoms with Crippen LogP contribution < -0.4 is 10.5 Å². The number of hydrogen-bond donors (Lipinski definition) is 3. The second kappa shape index (κ2) is 7.90. The Balaban J connectivity index is 2.04. The van der Waals surface area contributed by atoms with Crippen LogP contribution in [0.3, 0.4) is 0 Å². The molecule has 0 atom stereocenters. The summed E-state index contributed by atoms with van der Waals surface area (Å²) in [5.74, 6) is -0.173. The fraction of sp³-hybridized carbons (Fsp3) is 0.190. The lowest BCUT2D eigenvalue weighted by Crippen LogP contribution is -2.46. The maximum Gasteiger partial charge on any atom is 0.241 e. The highest BCUT2D eigenvalue weighted by Crippen LogP contribution is 2.32. The molecular formula is C21H22FN3O3S. The van der Waals surface area contributed by atoms with Gasteiger partial charge >= 0.3 is 0 Å². The van der Waals surface area contributed by atoms with E-state index >= 15 is 0 Å². The zero-order valence-electron chi connectivity index (χ0n) is 16.1. The van der Waals surface area contributed by atoms with E-state index in [-0.39, 0.29) is 11.5 Å². The summed E-state index contributed by atoms with van der Waals surface area (Å²) in [6.45, 7) is 2.78. The first-order valence-corrected chi connectivity index (χ1v) is 10.4. The van der Waals surface area contributed by atoms with Crippen molar-refractivity contribution in [1.82, 2.24) is 9.71 Å². The van der Waals surface area contributed by atoms with Gasteiger partial charge in [0.25, 0.3) is 0 Å². The van der Waals surface area contributed by atoms with Gasteiger partial charge in [0, 0.05) is 22.9 Å². The van der Waals surface area contributed by atoms with Gasteiger partial charge in [-0.2, -0.15) is 0 Å². The van der Waals surface area contributed by atoms with Crippen LogP contribution in [0.4, 0.5) is 10.2 Å². The Labute approximate surface area is 169 Å². The van der Waals surface area contributed by atoms with Crippen molar-refractivity contribution in [2.24, 2.45) is 0 Å². The zero-order valence-corrected chi connectivity index (χ0v) is 16.9. The summed E-state index contributed by atoms with van der Waals surface area (Å²) in [6, 6.07) is 14.1.